The second-order valence-electron chi connectivity index (χ2n) is 5.36. The van der Waals surface area contributed by atoms with Gasteiger partial charge in [0, 0.05) is 10.6 Å². The van der Waals surface area contributed by atoms with Crippen molar-refractivity contribution < 1.29 is 14.3 Å². The van der Waals surface area contributed by atoms with E-state index in [9.17, 15) is 10.1 Å². The molecule has 128 valence electrons. The van der Waals surface area contributed by atoms with E-state index in [-0.39, 0.29) is 5.57 Å². The van der Waals surface area contributed by atoms with E-state index in [2.05, 4.69) is 0 Å². The maximum atomic E-state index is 12.3. The lowest BCUT2D eigenvalue weighted by Gasteiger charge is -2.09. The van der Waals surface area contributed by atoms with Gasteiger partial charge in [-0.2, -0.15) is 5.26 Å². The van der Waals surface area contributed by atoms with Crippen molar-refractivity contribution in [3.8, 4) is 17.6 Å². The number of nitriles is 1. The summed E-state index contributed by atoms with van der Waals surface area (Å²) in [5.41, 5.74) is 1.25. The van der Waals surface area contributed by atoms with E-state index in [0.717, 1.165) is 6.42 Å². The van der Waals surface area contributed by atoms with Gasteiger partial charge >= 0.3 is 5.97 Å². The Bertz CT molecular complexity index is 837. The normalized spacial score (nSPS) is 10.9. The van der Waals surface area contributed by atoms with Gasteiger partial charge in [-0.1, -0.05) is 36.7 Å². The molecule has 0 bridgehead atoms. The van der Waals surface area contributed by atoms with Crippen molar-refractivity contribution in [2.24, 2.45) is 0 Å². The number of carbonyl (C=O) groups is 1. The smallest absolute Gasteiger partial charge is 0.354 e. The molecule has 0 aliphatic rings. The van der Waals surface area contributed by atoms with Crippen molar-refractivity contribution in [2.45, 2.75) is 20.3 Å². The topological polar surface area (TPSA) is 59.3 Å². The number of carbonyl (C=O) groups excluding carboxylic acids is 1. The largest absolute Gasteiger partial charge is 0.493 e. The van der Waals surface area contributed by atoms with Gasteiger partial charge in [0.25, 0.3) is 0 Å². The Hall–Kier alpha value is -2.77. The zero-order chi connectivity index (χ0) is 18.2. The summed E-state index contributed by atoms with van der Waals surface area (Å²) >= 11 is 5.89. The molecule has 0 N–H and O–H groups in total. The highest BCUT2D eigenvalue weighted by Gasteiger charge is 2.14. The van der Waals surface area contributed by atoms with Gasteiger partial charge in [-0.25, -0.2) is 4.79 Å². The molecule has 0 aromatic heterocycles. The fraction of sp³-hybridized carbons (Fsp3) is 0.200. The Morgan fingerprint density at radius 1 is 1.24 bits per heavy atom. The van der Waals surface area contributed by atoms with Crippen LogP contribution in [0.3, 0.4) is 0 Å². The maximum absolute atomic E-state index is 12.3. The van der Waals surface area contributed by atoms with Crippen LogP contribution in [0.15, 0.2) is 48.0 Å². The van der Waals surface area contributed by atoms with E-state index in [1.165, 1.54) is 6.08 Å². The van der Waals surface area contributed by atoms with Gasteiger partial charge in [0.05, 0.1) is 6.61 Å². The number of para-hydroxylation sites is 1. The van der Waals surface area contributed by atoms with Gasteiger partial charge in [0.1, 0.15) is 23.1 Å². The van der Waals surface area contributed by atoms with Crippen LogP contribution in [0.25, 0.3) is 6.08 Å². The third kappa shape index (κ3) is 5.10. The van der Waals surface area contributed by atoms with Crippen molar-refractivity contribution >= 4 is 23.6 Å². The van der Waals surface area contributed by atoms with Gasteiger partial charge in [0.2, 0.25) is 0 Å². The van der Waals surface area contributed by atoms with E-state index in [4.69, 9.17) is 21.1 Å². The summed E-state index contributed by atoms with van der Waals surface area (Å²) < 4.78 is 11.0. The van der Waals surface area contributed by atoms with Crippen molar-refractivity contribution in [3.63, 3.8) is 0 Å². The molecule has 0 heterocycles. The molecule has 2 aromatic carbocycles. The van der Waals surface area contributed by atoms with Crippen molar-refractivity contribution in [2.75, 3.05) is 6.61 Å². The number of ether oxygens (including phenoxy) is 2. The first-order valence-corrected chi connectivity index (χ1v) is 8.25. The molecule has 0 amide bonds. The van der Waals surface area contributed by atoms with Gasteiger partial charge in [0.15, 0.2) is 0 Å². The van der Waals surface area contributed by atoms with Crippen LogP contribution in [0.2, 0.25) is 5.02 Å². The monoisotopic (exact) mass is 355 g/mol. The van der Waals surface area contributed by atoms with Gasteiger partial charge in [-0.15, -0.1) is 0 Å². The van der Waals surface area contributed by atoms with Crippen LogP contribution in [0.4, 0.5) is 0 Å². The second-order valence-corrected chi connectivity index (χ2v) is 5.79. The van der Waals surface area contributed by atoms with Crippen LogP contribution < -0.4 is 9.47 Å². The van der Waals surface area contributed by atoms with Crippen molar-refractivity contribution in [3.05, 3.63) is 64.2 Å². The Balaban J connectivity index is 2.25. The summed E-state index contributed by atoms with van der Waals surface area (Å²) in [7, 11) is 0. The molecule has 0 unspecified atom stereocenters. The minimum absolute atomic E-state index is 0.109. The molecule has 0 spiro atoms. The molecule has 0 fully saturated rings. The Kier molecular flexibility index (Phi) is 6.62. The number of halogens is 1. The summed E-state index contributed by atoms with van der Waals surface area (Å²) in [4.78, 5) is 12.3. The molecule has 0 aliphatic heterocycles. The molecule has 0 atom stereocenters. The van der Waals surface area contributed by atoms with Crippen LogP contribution >= 0.6 is 11.6 Å². The molecule has 4 nitrogen and oxygen atoms in total. The molecule has 0 saturated heterocycles. The van der Waals surface area contributed by atoms with Gasteiger partial charge in [-0.05, 0) is 49.2 Å². The van der Waals surface area contributed by atoms with E-state index in [0.29, 0.717) is 34.3 Å². The number of esters is 1. The first-order valence-electron chi connectivity index (χ1n) is 7.87. The number of hydrogen-bond acceptors (Lipinski definition) is 4. The summed E-state index contributed by atoms with van der Waals surface area (Å²) in [5, 5.41) is 9.89. The molecule has 0 aliphatic carbocycles. The number of hydrogen-bond donors (Lipinski definition) is 0. The summed E-state index contributed by atoms with van der Waals surface area (Å²) in [6, 6.07) is 14.0. The van der Waals surface area contributed by atoms with Crippen LogP contribution in [-0.4, -0.2) is 12.6 Å². The number of benzene rings is 2. The van der Waals surface area contributed by atoms with E-state index in [1.54, 1.807) is 37.3 Å². The highest BCUT2D eigenvalue weighted by atomic mass is 35.5. The molecule has 0 radical (unpaired) electrons. The first-order chi connectivity index (χ1) is 12.0. The SMILES string of the molecule is CCCOc1ccccc1/C=C(\C#N)C(=O)Oc1ccc(Cl)cc1C. The predicted molar refractivity (Wildman–Crippen MR) is 97.6 cm³/mol. The van der Waals surface area contributed by atoms with E-state index in [1.807, 2.05) is 25.1 Å². The van der Waals surface area contributed by atoms with Crippen LogP contribution in [-0.2, 0) is 4.79 Å². The molecule has 5 heteroatoms. The number of nitrogens with zero attached hydrogens (tertiary/aromatic N) is 1. The fourth-order valence-electron chi connectivity index (χ4n) is 2.12. The van der Waals surface area contributed by atoms with Crippen molar-refractivity contribution in [1.82, 2.24) is 0 Å². The molecule has 2 aromatic rings. The summed E-state index contributed by atoms with van der Waals surface area (Å²) in [6.45, 7) is 4.34. The Morgan fingerprint density at radius 3 is 2.68 bits per heavy atom. The third-order valence-corrected chi connectivity index (χ3v) is 3.60. The predicted octanol–water partition coefficient (Wildman–Crippen LogP) is 4.95. The van der Waals surface area contributed by atoms with Crippen LogP contribution in [0.1, 0.15) is 24.5 Å². The molecule has 25 heavy (non-hydrogen) atoms. The van der Waals surface area contributed by atoms with Gasteiger partial charge in [-0.3, -0.25) is 0 Å². The average molecular weight is 356 g/mol. The highest BCUT2D eigenvalue weighted by molar-refractivity contribution is 6.30. The molecular weight excluding hydrogens is 338 g/mol. The lowest BCUT2D eigenvalue weighted by atomic mass is 10.1. The minimum Gasteiger partial charge on any atom is -0.493 e. The number of rotatable bonds is 6. The lowest BCUT2D eigenvalue weighted by Crippen LogP contribution is -2.11. The van der Waals surface area contributed by atoms with Crippen LogP contribution in [0.5, 0.6) is 11.5 Å². The van der Waals surface area contributed by atoms with Crippen LogP contribution in [0, 0.1) is 18.3 Å². The Morgan fingerprint density at radius 2 is 2.00 bits per heavy atom. The lowest BCUT2D eigenvalue weighted by molar-refractivity contribution is -0.129. The zero-order valence-electron chi connectivity index (χ0n) is 14.1. The van der Waals surface area contributed by atoms with Gasteiger partial charge < -0.3 is 9.47 Å². The summed E-state index contributed by atoms with van der Waals surface area (Å²) in [6.07, 6.45) is 2.33. The molecular formula is C20H18ClNO3. The quantitative estimate of drug-likeness (QED) is 0.318. The van der Waals surface area contributed by atoms with E-state index < -0.39 is 5.97 Å². The Labute approximate surface area is 152 Å². The van der Waals surface area contributed by atoms with Crippen molar-refractivity contribution in [1.29, 1.82) is 5.26 Å². The fourth-order valence-corrected chi connectivity index (χ4v) is 2.34. The minimum atomic E-state index is -0.724. The van der Waals surface area contributed by atoms with E-state index >= 15 is 0 Å². The third-order valence-electron chi connectivity index (χ3n) is 3.36. The maximum Gasteiger partial charge on any atom is 0.354 e. The average Bonchev–Trinajstić information content (AvgIpc) is 2.61. The summed E-state index contributed by atoms with van der Waals surface area (Å²) in [5.74, 6) is 0.261. The highest BCUT2D eigenvalue weighted by Crippen LogP contribution is 2.24. The molecule has 0 saturated carbocycles. The number of aryl methyl sites for hydroxylation is 1. The first kappa shape index (κ1) is 18.6. The zero-order valence-corrected chi connectivity index (χ0v) is 14.8. The standard InChI is InChI=1S/C20H18ClNO3/c1-3-10-24-19-7-5-4-6-15(19)12-16(13-22)20(23)25-18-9-8-17(21)11-14(18)2/h4-9,11-12H,3,10H2,1-2H3/b16-12+. The second kappa shape index (κ2) is 8.91. The molecule has 2 rings (SSSR count).